The van der Waals surface area contributed by atoms with Gasteiger partial charge in [-0.05, 0) is 17.7 Å². The summed E-state index contributed by atoms with van der Waals surface area (Å²) in [6, 6.07) is 15.2. The molecule has 2 aliphatic heterocycles. The lowest BCUT2D eigenvalue weighted by molar-refractivity contribution is -0.143. The molecule has 2 aromatic carbocycles. The lowest BCUT2D eigenvalue weighted by atomic mass is 9.98. The van der Waals surface area contributed by atoms with E-state index >= 15 is 0 Å². The second kappa shape index (κ2) is 12.9. The summed E-state index contributed by atoms with van der Waals surface area (Å²) >= 11 is 0. The molecule has 2 aromatic rings. The molecule has 9 heteroatoms. The lowest BCUT2D eigenvalue weighted by Crippen LogP contribution is -2.47. The van der Waals surface area contributed by atoms with Crippen molar-refractivity contribution < 1.29 is 23.8 Å². The Bertz CT molecular complexity index is 1130. The maximum absolute atomic E-state index is 13.8. The molecular weight excluding hydrogens is 484 g/mol. The molecule has 1 atom stereocenters. The number of hydrogen-bond acceptors (Lipinski definition) is 7. The van der Waals surface area contributed by atoms with Crippen LogP contribution in [0.25, 0.3) is 0 Å². The first-order valence-electron chi connectivity index (χ1n) is 13.2. The van der Waals surface area contributed by atoms with Crippen LogP contribution in [0.15, 0.2) is 53.6 Å². The van der Waals surface area contributed by atoms with Crippen LogP contribution in [-0.2, 0) is 14.3 Å². The molecular formula is C29H38N4O5. The molecule has 1 fully saturated rings. The third kappa shape index (κ3) is 6.52. The van der Waals surface area contributed by atoms with Crippen molar-refractivity contribution in [1.29, 1.82) is 0 Å². The van der Waals surface area contributed by atoms with E-state index in [1.165, 1.54) is 0 Å². The van der Waals surface area contributed by atoms with Crippen LogP contribution in [0.2, 0.25) is 0 Å². The zero-order valence-electron chi connectivity index (χ0n) is 22.8. The monoisotopic (exact) mass is 522 g/mol. The number of morpholine rings is 1. The number of carbonyl (C=O) groups is 2. The number of ether oxygens (including phenoxy) is 3. The van der Waals surface area contributed by atoms with Gasteiger partial charge in [0.15, 0.2) is 0 Å². The SMILES string of the molecule is COc1ccc(C2=NN(C(=O)CN(CCN3CCOCC3)C(=O)C(C)C)C(c3ccccc3)C2)c(OC)c1. The third-order valence-electron chi connectivity index (χ3n) is 6.99. The third-order valence-corrected chi connectivity index (χ3v) is 6.99. The van der Waals surface area contributed by atoms with Crippen LogP contribution in [0.5, 0.6) is 11.5 Å². The van der Waals surface area contributed by atoms with Crippen LogP contribution in [0.4, 0.5) is 0 Å². The van der Waals surface area contributed by atoms with Crippen LogP contribution >= 0.6 is 0 Å². The van der Waals surface area contributed by atoms with E-state index < -0.39 is 0 Å². The minimum atomic E-state index is -0.277. The Morgan fingerprint density at radius 3 is 2.47 bits per heavy atom. The Morgan fingerprint density at radius 2 is 1.82 bits per heavy atom. The molecule has 9 nitrogen and oxygen atoms in total. The molecule has 0 N–H and O–H groups in total. The molecule has 2 heterocycles. The Balaban J connectivity index is 1.59. The van der Waals surface area contributed by atoms with Gasteiger partial charge in [-0.1, -0.05) is 44.2 Å². The van der Waals surface area contributed by atoms with E-state index in [1.54, 1.807) is 24.1 Å². The van der Waals surface area contributed by atoms with Gasteiger partial charge in [0, 0.05) is 50.1 Å². The second-order valence-electron chi connectivity index (χ2n) is 9.85. The highest BCUT2D eigenvalue weighted by Crippen LogP contribution is 2.36. The van der Waals surface area contributed by atoms with Gasteiger partial charge < -0.3 is 19.1 Å². The summed E-state index contributed by atoms with van der Waals surface area (Å²) in [5.41, 5.74) is 2.55. The Hall–Kier alpha value is -3.43. The van der Waals surface area contributed by atoms with Crippen LogP contribution in [0.3, 0.4) is 0 Å². The number of hydrogen-bond donors (Lipinski definition) is 0. The number of carbonyl (C=O) groups excluding carboxylic acids is 2. The largest absolute Gasteiger partial charge is 0.497 e. The molecule has 0 spiro atoms. The van der Waals surface area contributed by atoms with Gasteiger partial charge in [-0.2, -0.15) is 5.10 Å². The topological polar surface area (TPSA) is 83.9 Å². The molecule has 0 saturated carbocycles. The molecule has 1 unspecified atom stereocenters. The van der Waals surface area contributed by atoms with Gasteiger partial charge in [-0.3, -0.25) is 14.5 Å². The summed E-state index contributed by atoms with van der Waals surface area (Å²) in [5, 5.41) is 6.35. The first-order valence-corrected chi connectivity index (χ1v) is 13.2. The number of nitrogens with zero attached hydrogens (tertiary/aromatic N) is 4. The molecule has 2 aliphatic rings. The van der Waals surface area contributed by atoms with Crippen LogP contribution < -0.4 is 9.47 Å². The minimum absolute atomic E-state index is 0.0266. The fraction of sp³-hybridized carbons (Fsp3) is 0.483. The summed E-state index contributed by atoms with van der Waals surface area (Å²) in [6.45, 7) is 7.93. The van der Waals surface area contributed by atoms with Crippen molar-refractivity contribution >= 4 is 17.5 Å². The van der Waals surface area contributed by atoms with Gasteiger partial charge in [-0.25, -0.2) is 5.01 Å². The van der Waals surface area contributed by atoms with Gasteiger partial charge in [0.1, 0.15) is 18.0 Å². The number of rotatable bonds is 10. The molecule has 4 rings (SSSR count). The fourth-order valence-electron chi connectivity index (χ4n) is 4.83. The standard InChI is InChI=1S/C29H38N4O5/c1-21(2)29(35)32(13-12-31-14-16-38-17-15-31)20-28(34)33-26(22-8-6-5-7-9-22)19-25(30-33)24-11-10-23(36-3)18-27(24)37-4/h5-11,18,21,26H,12-17,19-20H2,1-4H3. The Kier molecular flexibility index (Phi) is 9.36. The van der Waals surface area contributed by atoms with E-state index in [-0.39, 0.29) is 30.3 Å². The minimum Gasteiger partial charge on any atom is -0.497 e. The van der Waals surface area contributed by atoms with E-state index in [4.69, 9.17) is 19.3 Å². The normalized spacial score (nSPS) is 17.9. The molecule has 0 bridgehead atoms. The van der Waals surface area contributed by atoms with Gasteiger partial charge in [0.05, 0.1) is 39.2 Å². The lowest BCUT2D eigenvalue weighted by Gasteiger charge is -2.31. The highest BCUT2D eigenvalue weighted by atomic mass is 16.5. The van der Waals surface area contributed by atoms with Crippen molar-refractivity contribution in [3.63, 3.8) is 0 Å². The highest BCUT2D eigenvalue weighted by molar-refractivity contribution is 6.05. The molecule has 1 saturated heterocycles. The quantitative estimate of drug-likeness (QED) is 0.477. The molecule has 204 valence electrons. The summed E-state index contributed by atoms with van der Waals surface area (Å²) in [5.74, 6) is 0.852. The predicted octanol–water partition coefficient (Wildman–Crippen LogP) is 3.20. The number of hydrazone groups is 1. The smallest absolute Gasteiger partial charge is 0.262 e. The molecule has 0 aromatic heterocycles. The van der Waals surface area contributed by atoms with Gasteiger partial charge in [0.2, 0.25) is 5.91 Å². The molecule has 2 amide bonds. The van der Waals surface area contributed by atoms with E-state index in [0.717, 1.165) is 29.9 Å². The van der Waals surface area contributed by atoms with Gasteiger partial charge in [-0.15, -0.1) is 0 Å². The van der Waals surface area contributed by atoms with E-state index in [2.05, 4.69) is 4.90 Å². The average Bonchev–Trinajstić information content (AvgIpc) is 3.41. The summed E-state index contributed by atoms with van der Waals surface area (Å²) in [4.78, 5) is 30.8. The number of methoxy groups -OCH3 is 2. The zero-order valence-corrected chi connectivity index (χ0v) is 22.8. The molecule has 0 aliphatic carbocycles. The van der Waals surface area contributed by atoms with Crippen molar-refractivity contribution in [2.75, 3.05) is 60.2 Å². The van der Waals surface area contributed by atoms with Gasteiger partial charge >= 0.3 is 0 Å². The van der Waals surface area contributed by atoms with Crippen molar-refractivity contribution in [2.24, 2.45) is 11.0 Å². The first kappa shape index (κ1) is 27.6. The van der Waals surface area contributed by atoms with Crippen molar-refractivity contribution in [1.82, 2.24) is 14.8 Å². The Morgan fingerprint density at radius 1 is 1.08 bits per heavy atom. The van der Waals surface area contributed by atoms with Crippen molar-refractivity contribution in [3.05, 3.63) is 59.7 Å². The van der Waals surface area contributed by atoms with E-state index in [9.17, 15) is 9.59 Å². The number of amides is 2. The average molecular weight is 523 g/mol. The first-order chi connectivity index (χ1) is 18.4. The van der Waals surface area contributed by atoms with Crippen LogP contribution in [0.1, 0.15) is 37.4 Å². The highest BCUT2D eigenvalue weighted by Gasteiger charge is 2.35. The fourth-order valence-corrected chi connectivity index (χ4v) is 4.83. The summed E-state index contributed by atoms with van der Waals surface area (Å²) in [7, 11) is 3.21. The second-order valence-corrected chi connectivity index (χ2v) is 9.85. The van der Waals surface area contributed by atoms with Gasteiger partial charge in [0.25, 0.3) is 5.91 Å². The van der Waals surface area contributed by atoms with Crippen molar-refractivity contribution in [3.8, 4) is 11.5 Å². The van der Waals surface area contributed by atoms with E-state index in [0.29, 0.717) is 44.2 Å². The maximum Gasteiger partial charge on any atom is 0.262 e. The molecule has 38 heavy (non-hydrogen) atoms. The Labute approximate surface area is 224 Å². The van der Waals surface area contributed by atoms with E-state index in [1.807, 2.05) is 62.4 Å². The van der Waals surface area contributed by atoms with Crippen molar-refractivity contribution in [2.45, 2.75) is 26.3 Å². The maximum atomic E-state index is 13.8. The zero-order chi connectivity index (χ0) is 27.1. The molecule has 0 radical (unpaired) electrons. The summed E-state index contributed by atoms with van der Waals surface area (Å²) < 4.78 is 16.4. The van der Waals surface area contributed by atoms with Crippen LogP contribution in [0, 0.1) is 5.92 Å². The van der Waals surface area contributed by atoms with Crippen LogP contribution in [-0.4, -0.2) is 92.5 Å². The number of benzene rings is 2. The summed E-state index contributed by atoms with van der Waals surface area (Å²) in [6.07, 6.45) is 0.532. The predicted molar refractivity (Wildman–Crippen MR) is 145 cm³/mol.